The topological polar surface area (TPSA) is 47.8 Å². The molecule has 0 N–H and O–H groups in total. The number of nitrogens with zero attached hydrogens (tertiary/aromatic N) is 3. The van der Waals surface area contributed by atoms with Crippen molar-refractivity contribution in [1.82, 2.24) is 14.5 Å². The molecule has 0 atom stereocenters. The van der Waals surface area contributed by atoms with Gasteiger partial charge < -0.3 is 0 Å². The smallest absolute Gasteiger partial charge is 0.256 e. The van der Waals surface area contributed by atoms with E-state index in [0.29, 0.717) is 31.9 Å². The third-order valence-corrected chi connectivity index (χ3v) is 4.47. The summed E-state index contributed by atoms with van der Waals surface area (Å²) in [5, 5.41) is 1.98. The molecule has 2 heterocycles. The van der Waals surface area contributed by atoms with Crippen LogP contribution in [0, 0.1) is 0 Å². The molecule has 4 nitrogen and oxygen atoms in total. The second kappa shape index (κ2) is 6.08. The van der Waals surface area contributed by atoms with Gasteiger partial charge in [-0.15, -0.1) is 0 Å². The standard InChI is InChI=1S/C14H8Cl3N3OS/c1-22-14-18-12(17)7-5-6-10(21)20(13(7)19-14)11-8(15)3-2-4-9(11)16/h2-6H,1H3. The Morgan fingerprint density at radius 3 is 2.36 bits per heavy atom. The van der Waals surface area contributed by atoms with Gasteiger partial charge in [-0.3, -0.25) is 9.36 Å². The first-order chi connectivity index (χ1) is 10.5. The van der Waals surface area contributed by atoms with E-state index in [1.807, 2.05) is 6.26 Å². The van der Waals surface area contributed by atoms with Crippen LogP contribution in [0.3, 0.4) is 0 Å². The largest absolute Gasteiger partial charge is 0.269 e. The van der Waals surface area contributed by atoms with E-state index in [9.17, 15) is 4.79 Å². The normalized spacial score (nSPS) is 11.1. The molecule has 3 aromatic rings. The van der Waals surface area contributed by atoms with E-state index in [1.165, 1.54) is 22.4 Å². The van der Waals surface area contributed by atoms with E-state index < -0.39 is 0 Å². The average Bonchev–Trinajstić information content (AvgIpc) is 2.48. The Morgan fingerprint density at radius 1 is 1.05 bits per heavy atom. The van der Waals surface area contributed by atoms with Crippen LogP contribution in [0.5, 0.6) is 0 Å². The Balaban J connectivity index is 2.50. The average molecular weight is 373 g/mol. The highest BCUT2D eigenvalue weighted by atomic mass is 35.5. The SMILES string of the molecule is CSc1nc(Cl)c2ccc(=O)n(-c3c(Cl)cccc3Cl)c2n1. The summed E-state index contributed by atoms with van der Waals surface area (Å²) in [4.78, 5) is 20.9. The van der Waals surface area contributed by atoms with Crippen molar-refractivity contribution >= 4 is 57.6 Å². The van der Waals surface area contributed by atoms with Crippen molar-refractivity contribution in [3.05, 3.63) is 55.9 Å². The zero-order valence-electron chi connectivity index (χ0n) is 11.2. The van der Waals surface area contributed by atoms with Gasteiger partial charge in [0.1, 0.15) is 5.15 Å². The van der Waals surface area contributed by atoms with Gasteiger partial charge in [-0.1, -0.05) is 52.6 Å². The Morgan fingerprint density at radius 2 is 1.73 bits per heavy atom. The molecule has 0 amide bonds. The summed E-state index contributed by atoms with van der Waals surface area (Å²) >= 11 is 20.0. The third kappa shape index (κ3) is 2.58. The molecule has 0 bridgehead atoms. The zero-order valence-corrected chi connectivity index (χ0v) is 14.3. The maximum absolute atomic E-state index is 12.4. The first-order valence-electron chi connectivity index (χ1n) is 6.10. The molecule has 0 aliphatic carbocycles. The number of halogens is 3. The number of fused-ring (bicyclic) bond motifs is 1. The molecule has 0 radical (unpaired) electrons. The lowest BCUT2D eigenvalue weighted by molar-refractivity contribution is 0.938. The Bertz CT molecular complexity index is 922. The van der Waals surface area contributed by atoms with Crippen molar-refractivity contribution in [1.29, 1.82) is 0 Å². The summed E-state index contributed by atoms with van der Waals surface area (Å²) in [5.74, 6) is 0. The molecule has 0 unspecified atom stereocenters. The molecule has 0 saturated carbocycles. The van der Waals surface area contributed by atoms with Crippen molar-refractivity contribution < 1.29 is 0 Å². The molecule has 3 rings (SSSR count). The Kier molecular flexibility index (Phi) is 4.32. The quantitative estimate of drug-likeness (QED) is 0.378. The maximum atomic E-state index is 12.4. The lowest BCUT2D eigenvalue weighted by atomic mass is 10.2. The van der Waals surface area contributed by atoms with Gasteiger partial charge in [0.2, 0.25) is 0 Å². The highest BCUT2D eigenvalue weighted by molar-refractivity contribution is 7.98. The van der Waals surface area contributed by atoms with Crippen LogP contribution in [0.15, 0.2) is 40.3 Å². The maximum Gasteiger partial charge on any atom is 0.256 e. The molecule has 22 heavy (non-hydrogen) atoms. The summed E-state index contributed by atoms with van der Waals surface area (Å²) in [6.07, 6.45) is 1.82. The van der Waals surface area contributed by atoms with E-state index in [1.54, 1.807) is 24.3 Å². The van der Waals surface area contributed by atoms with Gasteiger partial charge in [0, 0.05) is 6.07 Å². The number of aromatic nitrogens is 3. The van der Waals surface area contributed by atoms with Crippen molar-refractivity contribution in [3.63, 3.8) is 0 Å². The van der Waals surface area contributed by atoms with Crippen LogP contribution in [-0.4, -0.2) is 20.8 Å². The van der Waals surface area contributed by atoms with E-state index in [-0.39, 0.29) is 10.7 Å². The minimum Gasteiger partial charge on any atom is -0.269 e. The number of hydrogen-bond donors (Lipinski definition) is 0. The summed E-state index contributed by atoms with van der Waals surface area (Å²) in [5.41, 5.74) is 0.444. The van der Waals surface area contributed by atoms with Gasteiger partial charge in [-0.2, -0.15) is 0 Å². The van der Waals surface area contributed by atoms with Gasteiger partial charge in [0.05, 0.1) is 21.1 Å². The second-order valence-corrected chi connectivity index (χ2v) is 6.26. The van der Waals surface area contributed by atoms with Gasteiger partial charge in [0.25, 0.3) is 5.56 Å². The van der Waals surface area contributed by atoms with Crippen LogP contribution in [-0.2, 0) is 0 Å². The fourth-order valence-corrected chi connectivity index (χ4v) is 3.27. The molecular weight excluding hydrogens is 365 g/mol. The fourth-order valence-electron chi connectivity index (χ4n) is 2.07. The summed E-state index contributed by atoms with van der Waals surface area (Å²) in [6.45, 7) is 0. The van der Waals surface area contributed by atoms with E-state index in [2.05, 4.69) is 9.97 Å². The molecule has 2 aromatic heterocycles. The van der Waals surface area contributed by atoms with Crippen LogP contribution < -0.4 is 5.56 Å². The van der Waals surface area contributed by atoms with Crippen molar-refractivity contribution in [2.45, 2.75) is 5.16 Å². The van der Waals surface area contributed by atoms with Crippen molar-refractivity contribution in [3.8, 4) is 5.69 Å². The zero-order chi connectivity index (χ0) is 15.9. The number of para-hydroxylation sites is 1. The first-order valence-corrected chi connectivity index (χ1v) is 8.46. The van der Waals surface area contributed by atoms with E-state index in [4.69, 9.17) is 34.8 Å². The van der Waals surface area contributed by atoms with Crippen LogP contribution in [0.25, 0.3) is 16.7 Å². The van der Waals surface area contributed by atoms with Gasteiger partial charge in [0.15, 0.2) is 10.8 Å². The highest BCUT2D eigenvalue weighted by Gasteiger charge is 2.16. The van der Waals surface area contributed by atoms with Gasteiger partial charge in [-0.05, 0) is 24.5 Å². The monoisotopic (exact) mass is 371 g/mol. The van der Waals surface area contributed by atoms with E-state index in [0.717, 1.165) is 0 Å². The number of pyridine rings is 1. The number of rotatable bonds is 2. The summed E-state index contributed by atoms with van der Waals surface area (Å²) < 4.78 is 1.35. The molecule has 112 valence electrons. The first kappa shape index (κ1) is 15.6. The van der Waals surface area contributed by atoms with Crippen LogP contribution >= 0.6 is 46.6 Å². The second-order valence-electron chi connectivity index (χ2n) is 4.32. The van der Waals surface area contributed by atoms with Crippen molar-refractivity contribution in [2.75, 3.05) is 6.26 Å². The van der Waals surface area contributed by atoms with Gasteiger partial charge >= 0.3 is 0 Å². The summed E-state index contributed by atoms with van der Waals surface area (Å²) in [6, 6.07) is 8.00. The van der Waals surface area contributed by atoms with Gasteiger partial charge in [-0.25, -0.2) is 9.97 Å². The van der Waals surface area contributed by atoms with Crippen LogP contribution in [0.4, 0.5) is 0 Å². The highest BCUT2D eigenvalue weighted by Crippen LogP contribution is 2.31. The lowest BCUT2D eigenvalue weighted by Gasteiger charge is -2.13. The molecular formula is C14H8Cl3N3OS. The molecule has 1 aromatic carbocycles. The molecule has 8 heteroatoms. The molecule has 0 fully saturated rings. The minimum atomic E-state index is -0.302. The Labute approximate surface area is 145 Å². The predicted octanol–water partition coefficient (Wildman–Crippen LogP) is 4.46. The molecule has 0 saturated heterocycles. The minimum absolute atomic E-state index is 0.270. The van der Waals surface area contributed by atoms with E-state index >= 15 is 0 Å². The Hall–Kier alpha value is -1.27. The predicted molar refractivity (Wildman–Crippen MR) is 91.9 cm³/mol. The van der Waals surface area contributed by atoms with Crippen LogP contribution in [0.1, 0.15) is 0 Å². The number of thioether (sulfide) groups is 1. The van der Waals surface area contributed by atoms with Crippen molar-refractivity contribution in [2.24, 2.45) is 0 Å². The summed E-state index contributed by atoms with van der Waals surface area (Å²) in [7, 11) is 0. The molecule has 0 spiro atoms. The fraction of sp³-hybridized carbons (Fsp3) is 0.0714. The van der Waals surface area contributed by atoms with Crippen LogP contribution in [0.2, 0.25) is 15.2 Å². The number of hydrogen-bond acceptors (Lipinski definition) is 4. The third-order valence-electron chi connectivity index (χ3n) is 3.03. The molecule has 0 aliphatic rings. The lowest BCUT2D eigenvalue weighted by Crippen LogP contribution is -2.19. The number of benzene rings is 1. The molecule has 0 aliphatic heterocycles.